The average Bonchev–Trinajstić information content (AvgIpc) is 3.81. The molecule has 4 aliphatic heterocycles. The van der Waals surface area contributed by atoms with Gasteiger partial charge in [0.1, 0.15) is 17.6 Å². The molecular weight excluding hydrogens is 791 g/mol. The first kappa shape index (κ1) is 40.1. The van der Waals surface area contributed by atoms with Gasteiger partial charge in [0.25, 0.3) is 17.7 Å². The molecule has 1 aromatic heterocycles. The summed E-state index contributed by atoms with van der Waals surface area (Å²) in [4.78, 5) is 72.4. The van der Waals surface area contributed by atoms with Gasteiger partial charge < -0.3 is 19.9 Å². The minimum absolute atomic E-state index is 0.0242. The Balaban J connectivity index is 0.696. The number of imide groups is 2. The number of fused-ring (bicyclic) bond motifs is 1. The van der Waals surface area contributed by atoms with Crippen molar-refractivity contribution in [2.75, 3.05) is 37.6 Å². The maximum Gasteiger partial charge on any atom is 0.262 e. The number of amides is 5. The first-order valence-corrected chi connectivity index (χ1v) is 21.5. The van der Waals surface area contributed by atoms with E-state index in [0.717, 1.165) is 94.8 Å². The Morgan fingerprint density at radius 2 is 1.68 bits per heavy atom. The lowest BCUT2D eigenvalue weighted by atomic mass is 9.71. The SMILES string of the molecule is [C-]#[N+]c1ccc(OC2CCC(NC(=O)c3cnn(C4CCC(CN5CCC6(CC5)CN(c5cc7c(cc5F)C(=O)N(C5CCC(=O)NC5=O)C7=O)C6)CC4)c3)CC2)cc1Cl. The van der Waals surface area contributed by atoms with Gasteiger partial charge in [0.2, 0.25) is 17.5 Å². The highest BCUT2D eigenvalue weighted by Gasteiger charge is 2.48. The summed E-state index contributed by atoms with van der Waals surface area (Å²) in [5, 5.41) is 10.4. The van der Waals surface area contributed by atoms with Crippen LogP contribution in [0.3, 0.4) is 0 Å². The minimum atomic E-state index is -1.09. The normalized spacial score (nSPS) is 26.6. The van der Waals surface area contributed by atoms with E-state index in [2.05, 4.69) is 25.5 Å². The van der Waals surface area contributed by atoms with Gasteiger partial charge in [-0.25, -0.2) is 9.24 Å². The zero-order chi connectivity index (χ0) is 41.7. The van der Waals surface area contributed by atoms with Gasteiger partial charge in [0.05, 0.1) is 52.3 Å². The van der Waals surface area contributed by atoms with Gasteiger partial charge in [-0.2, -0.15) is 5.10 Å². The quantitative estimate of drug-likeness (QED) is 0.193. The molecule has 5 fully saturated rings. The van der Waals surface area contributed by atoms with Crippen molar-refractivity contribution in [3.05, 3.63) is 81.7 Å². The number of halogens is 2. The molecule has 3 aromatic rings. The number of carbonyl (C=O) groups excluding carboxylic acids is 5. The molecule has 2 aromatic carbocycles. The maximum atomic E-state index is 15.4. The summed E-state index contributed by atoms with van der Waals surface area (Å²) in [5.41, 5.74) is 1.42. The van der Waals surface area contributed by atoms with E-state index in [9.17, 15) is 24.0 Å². The molecule has 2 N–H and O–H groups in total. The van der Waals surface area contributed by atoms with E-state index in [1.807, 2.05) is 15.8 Å². The fraction of sp³-hybridized carbons (Fsp3) is 0.523. The zero-order valence-electron chi connectivity index (χ0n) is 33.3. The molecule has 9 rings (SSSR count). The highest BCUT2D eigenvalue weighted by atomic mass is 35.5. The number of likely N-dealkylation sites (tertiary alicyclic amines) is 1. The summed E-state index contributed by atoms with van der Waals surface area (Å²) < 4.78 is 23.5. The number of hydrogen-bond acceptors (Lipinski definition) is 9. The molecule has 1 unspecified atom stereocenters. The molecular formula is C44H48ClFN8O6. The van der Waals surface area contributed by atoms with Crippen LogP contribution >= 0.6 is 11.6 Å². The van der Waals surface area contributed by atoms with Gasteiger partial charge in [-0.1, -0.05) is 17.7 Å². The Bertz CT molecular complexity index is 2260. The Morgan fingerprint density at radius 3 is 2.37 bits per heavy atom. The highest BCUT2D eigenvalue weighted by Crippen LogP contribution is 2.45. The van der Waals surface area contributed by atoms with Crippen molar-refractivity contribution in [2.45, 2.75) is 101 Å². The van der Waals surface area contributed by atoms with Crippen molar-refractivity contribution in [2.24, 2.45) is 11.3 Å². The molecule has 6 aliphatic rings. The Labute approximate surface area is 352 Å². The maximum absolute atomic E-state index is 15.4. The van der Waals surface area contributed by atoms with Crippen LogP contribution in [0.25, 0.3) is 4.85 Å². The molecule has 1 atom stereocenters. The lowest BCUT2D eigenvalue weighted by Crippen LogP contribution is -2.61. The van der Waals surface area contributed by atoms with Gasteiger partial charge in [-0.3, -0.25) is 38.9 Å². The summed E-state index contributed by atoms with van der Waals surface area (Å²) in [7, 11) is 0. The number of piperidine rings is 2. The molecule has 5 heterocycles. The first-order valence-electron chi connectivity index (χ1n) is 21.2. The molecule has 14 nitrogen and oxygen atoms in total. The van der Waals surface area contributed by atoms with E-state index in [1.54, 1.807) is 24.4 Å². The zero-order valence-corrected chi connectivity index (χ0v) is 34.1. The lowest BCUT2D eigenvalue weighted by Gasteiger charge is -2.55. The third kappa shape index (κ3) is 7.87. The Kier molecular flexibility index (Phi) is 10.9. The largest absolute Gasteiger partial charge is 0.490 e. The smallest absolute Gasteiger partial charge is 0.262 e. The van der Waals surface area contributed by atoms with Crippen molar-refractivity contribution in [3.8, 4) is 5.75 Å². The second kappa shape index (κ2) is 16.3. The molecule has 1 spiro atoms. The summed E-state index contributed by atoms with van der Waals surface area (Å²) in [5.74, 6) is -1.88. The molecule has 0 radical (unpaired) electrons. The van der Waals surface area contributed by atoms with Gasteiger partial charge >= 0.3 is 0 Å². The van der Waals surface area contributed by atoms with E-state index in [4.69, 9.17) is 22.9 Å². The monoisotopic (exact) mass is 838 g/mol. The fourth-order valence-corrected chi connectivity index (χ4v) is 10.4. The highest BCUT2D eigenvalue weighted by molar-refractivity contribution is 6.33. The molecule has 314 valence electrons. The van der Waals surface area contributed by atoms with Crippen LogP contribution in [-0.4, -0.2) is 100 Å². The third-order valence-electron chi connectivity index (χ3n) is 13.7. The van der Waals surface area contributed by atoms with Gasteiger partial charge in [0, 0.05) is 43.7 Å². The summed E-state index contributed by atoms with van der Waals surface area (Å²) >= 11 is 6.17. The second-order valence-corrected chi connectivity index (χ2v) is 18.0. The standard InChI is InChI=1S/C44H48ClFN8O6/c1-47-36-11-10-31(18-34(36)45)60-30-8-4-28(5-9-30)49-40(56)27-21-48-53(23-27)29-6-2-26(3-7-29)22-51-16-14-44(15-17-51)24-52(25-44)38-20-33-32(19-35(38)46)42(58)54(43(33)59)37-12-13-39(55)50-41(37)57/h10-11,18-21,23,26,28-30,37H,2-9,12-17,22,24-25H2,(H,49,56)(H,50,55,57). The molecule has 0 bridgehead atoms. The molecule has 2 saturated carbocycles. The number of nitrogens with zero attached hydrogens (tertiary/aromatic N) is 6. The van der Waals surface area contributed by atoms with Gasteiger partial charge in [-0.15, -0.1) is 0 Å². The number of rotatable bonds is 9. The summed E-state index contributed by atoms with van der Waals surface area (Å²) in [6, 6.07) is 6.96. The van der Waals surface area contributed by atoms with Crippen LogP contribution in [0.4, 0.5) is 15.8 Å². The number of aromatic nitrogens is 2. The topological polar surface area (TPSA) is 151 Å². The number of anilines is 1. The predicted molar refractivity (Wildman–Crippen MR) is 218 cm³/mol. The molecule has 3 saturated heterocycles. The third-order valence-corrected chi connectivity index (χ3v) is 14.0. The van der Waals surface area contributed by atoms with Crippen LogP contribution in [0.5, 0.6) is 5.75 Å². The molecule has 60 heavy (non-hydrogen) atoms. The lowest BCUT2D eigenvalue weighted by molar-refractivity contribution is -0.136. The van der Waals surface area contributed by atoms with Crippen molar-refractivity contribution in [3.63, 3.8) is 0 Å². The van der Waals surface area contributed by atoms with Crippen LogP contribution in [0.15, 0.2) is 42.7 Å². The van der Waals surface area contributed by atoms with Gasteiger partial charge in [-0.05, 0) is 114 Å². The fourth-order valence-electron chi connectivity index (χ4n) is 10.2. The summed E-state index contributed by atoms with van der Waals surface area (Å²) in [6.45, 7) is 11.5. The van der Waals surface area contributed by atoms with Crippen LogP contribution < -0.4 is 20.3 Å². The predicted octanol–water partition coefficient (Wildman–Crippen LogP) is 6.08. The van der Waals surface area contributed by atoms with E-state index < -0.39 is 35.5 Å². The van der Waals surface area contributed by atoms with Crippen LogP contribution in [-0.2, 0) is 9.59 Å². The number of benzene rings is 2. The average molecular weight is 839 g/mol. The van der Waals surface area contributed by atoms with Crippen molar-refractivity contribution in [1.29, 1.82) is 0 Å². The van der Waals surface area contributed by atoms with E-state index in [0.29, 0.717) is 46.7 Å². The number of carbonyl (C=O) groups is 5. The number of nitrogens with one attached hydrogen (secondary N) is 2. The molecule has 2 aliphatic carbocycles. The molecule has 5 amide bonds. The Hall–Kier alpha value is -5.33. The van der Waals surface area contributed by atoms with Gasteiger partial charge in [0.15, 0.2) is 0 Å². The molecule has 16 heteroatoms. The van der Waals surface area contributed by atoms with Crippen molar-refractivity contribution >= 4 is 52.5 Å². The first-order chi connectivity index (χ1) is 29.0. The van der Waals surface area contributed by atoms with Crippen LogP contribution in [0, 0.1) is 23.7 Å². The summed E-state index contributed by atoms with van der Waals surface area (Å²) in [6.07, 6.45) is 13.2. The van der Waals surface area contributed by atoms with Crippen molar-refractivity contribution in [1.82, 2.24) is 30.2 Å². The van der Waals surface area contributed by atoms with Crippen LogP contribution in [0.2, 0.25) is 5.02 Å². The van der Waals surface area contributed by atoms with E-state index in [-0.39, 0.29) is 53.5 Å². The van der Waals surface area contributed by atoms with Crippen molar-refractivity contribution < 1.29 is 33.1 Å². The second-order valence-electron chi connectivity index (χ2n) is 17.6. The Morgan fingerprint density at radius 1 is 0.967 bits per heavy atom. The number of ether oxygens (including phenoxy) is 1. The number of hydrogen-bond donors (Lipinski definition) is 2. The van der Waals surface area contributed by atoms with E-state index >= 15 is 4.39 Å². The minimum Gasteiger partial charge on any atom is -0.490 e. The van der Waals surface area contributed by atoms with E-state index in [1.165, 1.54) is 6.07 Å². The van der Waals surface area contributed by atoms with Crippen LogP contribution in [0.1, 0.15) is 114 Å².